The Kier molecular flexibility index (Phi) is 5.06. The van der Waals surface area contributed by atoms with Crippen molar-refractivity contribution >= 4 is 17.6 Å². The smallest absolute Gasteiger partial charge is 0.332 e. The number of ether oxygens (including phenoxy) is 1. The van der Waals surface area contributed by atoms with Crippen LogP contribution in [0.15, 0.2) is 30.3 Å². The monoisotopic (exact) mass is 339 g/mol. The molecule has 0 spiro atoms. The molecule has 24 heavy (non-hydrogen) atoms. The third kappa shape index (κ3) is 3.39. The summed E-state index contributed by atoms with van der Waals surface area (Å²) in [6.07, 6.45) is -2.48. The molecule has 6 nitrogen and oxygen atoms in total. The van der Waals surface area contributed by atoms with Crippen molar-refractivity contribution in [2.24, 2.45) is 0 Å². The van der Waals surface area contributed by atoms with Crippen molar-refractivity contribution in [1.82, 2.24) is 9.80 Å². The summed E-state index contributed by atoms with van der Waals surface area (Å²) < 4.78 is 29.0. The molecule has 0 saturated carbocycles. The molecular weight excluding hydrogens is 320 g/mol. The van der Waals surface area contributed by atoms with E-state index in [1.165, 1.54) is 4.90 Å². The first-order chi connectivity index (χ1) is 11.6. The van der Waals surface area contributed by atoms with Crippen molar-refractivity contribution in [3.8, 4) is 0 Å². The van der Waals surface area contributed by atoms with Gasteiger partial charge in [-0.25, -0.2) is 18.5 Å². The van der Waals surface area contributed by atoms with Crippen LogP contribution in [0.4, 0.5) is 19.3 Å². The van der Waals surface area contributed by atoms with Gasteiger partial charge in [-0.3, -0.25) is 9.69 Å². The van der Waals surface area contributed by atoms with E-state index in [2.05, 4.69) is 0 Å². The molecule has 3 amide bonds. The van der Waals surface area contributed by atoms with Gasteiger partial charge in [-0.05, 0) is 12.1 Å². The highest BCUT2D eigenvalue weighted by Gasteiger charge is 2.48. The molecule has 0 aromatic heterocycles. The van der Waals surface area contributed by atoms with Gasteiger partial charge in [0, 0.05) is 26.2 Å². The Bertz CT molecular complexity index is 599. The Morgan fingerprint density at radius 3 is 2.62 bits per heavy atom. The number of hydrogen-bond acceptors (Lipinski definition) is 4. The van der Waals surface area contributed by atoms with Crippen molar-refractivity contribution in [3.05, 3.63) is 30.3 Å². The molecule has 2 aliphatic heterocycles. The van der Waals surface area contributed by atoms with Crippen LogP contribution in [-0.4, -0.2) is 73.6 Å². The van der Waals surface area contributed by atoms with Crippen molar-refractivity contribution in [2.75, 3.05) is 44.3 Å². The first-order valence-corrected chi connectivity index (χ1v) is 7.86. The summed E-state index contributed by atoms with van der Waals surface area (Å²) in [6.45, 7) is 1.49. The van der Waals surface area contributed by atoms with E-state index in [1.54, 1.807) is 29.2 Å². The highest BCUT2D eigenvalue weighted by atomic mass is 19.3. The van der Waals surface area contributed by atoms with Gasteiger partial charge in [0.1, 0.15) is 12.6 Å². The highest BCUT2D eigenvalue weighted by Crippen LogP contribution is 2.27. The van der Waals surface area contributed by atoms with Crippen molar-refractivity contribution in [2.45, 2.75) is 12.5 Å². The third-order valence-corrected chi connectivity index (χ3v) is 4.22. The molecule has 8 heteroatoms. The second-order valence-electron chi connectivity index (χ2n) is 5.77. The zero-order valence-electron chi connectivity index (χ0n) is 13.1. The van der Waals surface area contributed by atoms with Crippen LogP contribution in [0.3, 0.4) is 0 Å². The summed E-state index contributed by atoms with van der Waals surface area (Å²) in [7, 11) is 0. The van der Waals surface area contributed by atoms with E-state index < -0.39 is 19.1 Å². The normalized spacial score (nSPS) is 21.7. The van der Waals surface area contributed by atoms with Gasteiger partial charge >= 0.3 is 6.03 Å². The largest absolute Gasteiger partial charge is 0.374 e. The number of para-hydroxylation sites is 1. The van der Waals surface area contributed by atoms with Gasteiger partial charge in [0.2, 0.25) is 0 Å². The van der Waals surface area contributed by atoms with E-state index >= 15 is 0 Å². The number of alkyl halides is 2. The minimum absolute atomic E-state index is 0.182. The molecule has 0 aliphatic carbocycles. The Morgan fingerprint density at radius 2 is 1.92 bits per heavy atom. The highest BCUT2D eigenvalue weighted by molar-refractivity contribution is 6.21. The summed E-state index contributed by atoms with van der Waals surface area (Å²) in [6, 6.07) is 8.00. The molecule has 1 atom stereocenters. The van der Waals surface area contributed by atoms with Gasteiger partial charge in [0.25, 0.3) is 12.3 Å². The lowest BCUT2D eigenvalue weighted by molar-refractivity contribution is -0.121. The fraction of sp³-hybridized carbons (Fsp3) is 0.500. The summed E-state index contributed by atoms with van der Waals surface area (Å²) in [5.41, 5.74) is 0.564. The van der Waals surface area contributed by atoms with Crippen LogP contribution >= 0.6 is 0 Å². The fourth-order valence-corrected chi connectivity index (χ4v) is 3.04. The summed E-state index contributed by atoms with van der Waals surface area (Å²) in [5, 5.41) is 0. The van der Waals surface area contributed by atoms with E-state index in [0.29, 0.717) is 31.9 Å². The van der Waals surface area contributed by atoms with Crippen LogP contribution < -0.4 is 4.90 Å². The predicted molar refractivity (Wildman–Crippen MR) is 83.1 cm³/mol. The van der Waals surface area contributed by atoms with Gasteiger partial charge < -0.3 is 9.64 Å². The van der Waals surface area contributed by atoms with Gasteiger partial charge in [-0.15, -0.1) is 0 Å². The lowest BCUT2D eigenvalue weighted by Gasteiger charge is -2.35. The number of fused-ring (bicyclic) bond motifs is 1. The summed E-state index contributed by atoms with van der Waals surface area (Å²) in [4.78, 5) is 29.9. The van der Waals surface area contributed by atoms with Crippen LogP contribution in [0.5, 0.6) is 0 Å². The molecule has 3 rings (SSSR count). The number of carbonyl (C=O) groups excluding carboxylic acids is 2. The fourth-order valence-electron chi connectivity index (χ4n) is 3.04. The predicted octanol–water partition coefficient (Wildman–Crippen LogP) is 1.42. The van der Waals surface area contributed by atoms with Gasteiger partial charge in [-0.1, -0.05) is 18.2 Å². The number of rotatable bonds is 6. The maximum absolute atomic E-state index is 12.6. The molecule has 2 heterocycles. The second kappa shape index (κ2) is 7.23. The zero-order valence-corrected chi connectivity index (χ0v) is 13.1. The molecule has 0 bridgehead atoms. The van der Waals surface area contributed by atoms with Crippen LogP contribution in [0.1, 0.15) is 0 Å². The third-order valence-electron chi connectivity index (χ3n) is 4.22. The number of halogens is 2. The number of benzene rings is 1. The number of imide groups is 1. The number of hydrogen-bond donors (Lipinski definition) is 0. The topological polar surface area (TPSA) is 53.1 Å². The second-order valence-corrected chi connectivity index (χ2v) is 5.77. The molecular formula is C16H19F2N3O3. The van der Waals surface area contributed by atoms with Crippen LogP contribution in [0.25, 0.3) is 0 Å². The average molecular weight is 339 g/mol. The number of carbonyl (C=O) groups is 2. The van der Waals surface area contributed by atoms with Gasteiger partial charge in [0.05, 0.1) is 12.3 Å². The lowest BCUT2D eigenvalue weighted by Crippen LogP contribution is -2.53. The number of nitrogens with zero attached hydrogens (tertiary/aromatic N) is 3. The number of piperazine rings is 1. The molecule has 130 valence electrons. The molecule has 1 aromatic carbocycles. The van der Waals surface area contributed by atoms with E-state index in [4.69, 9.17) is 4.74 Å². The SMILES string of the molecule is O=C1C2CN(CCOCC(F)F)CCN2C(=O)N1c1ccccc1. The minimum atomic E-state index is -2.48. The van der Waals surface area contributed by atoms with Gasteiger partial charge in [-0.2, -0.15) is 0 Å². The zero-order chi connectivity index (χ0) is 17.1. The first-order valence-electron chi connectivity index (χ1n) is 7.86. The standard InChI is InChI=1S/C16H19F2N3O3/c17-14(18)11-24-9-8-19-6-7-20-13(10-19)15(22)21(16(20)23)12-4-2-1-3-5-12/h1-5,13-14H,6-11H2. The molecule has 2 saturated heterocycles. The first kappa shape index (κ1) is 16.8. The van der Waals surface area contributed by atoms with E-state index in [9.17, 15) is 18.4 Å². The maximum Gasteiger partial charge on any atom is 0.332 e. The average Bonchev–Trinajstić information content (AvgIpc) is 2.83. The van der Waals surface area contributed by atoms with Crippen molar-refractivity contribution in [3.63, 3.8) is 0 Å². The number of urea groups is 1. The minimum Gasteiger partial charge on any atom is -0.374 e. The van der Waals surface area contributed by atoms with Crippen LogP contribution in [0, 0.1) is 0 Å². The van der Waals surface area contributed by atoms with E-state index in [-0.39, 0.29) is 18.5 Å². The Balaban J connectivity index is 1.60. The van der Waals surface area contributed by atoms with Crippen LogP contribution in [-0.2, 0) is 9.53 Å². The van der Waals surface area contributed by atoms with E-state index in [1.807, 2.05) is 11.0 Å². The molecule has 2 fully saturated rings. The van der Waals surface area contributed by atoms with Gasteiger partial charge in [0.15, 0.2) is 0 Å². The molecule has 2 aliphatic rings. The maximum atomic E-state index is 12.6. The van der Waals surface area contributed by atoms with Crippen molar-refractivity contribution in [1.29, 1.82) is 0 Å². The summed E-state index contributed by atoms with van der Waals surface area (Å²) >= 11 is 0. The summed E-state index contributed by atoms with van der Waals surface area (Å²) in [5.74, 6) is -0.246. The Labute approximate surface area is 138 Å². The molecule has 1 unspecified atom stereocenters. The Morgan fingerprint density at radius 1 is 1.17 bits per heavy atom. The number of anilines is 1. The quantitative estimate of drug-likeness (QED) is 0.581. The van der Waals surface area contributed by atoms with Crippen molar-refractivity contribution < 1.29 is 23.1 Å². The number of amides is 3. The molecule has 0 N–H and O–H groups in total. The van der Waals surface area contributed by atoms with Crippen LogP contribution in [0.2, 0.25) is 0 Å². The molecule has 1 aromatic rings. The Hall–Kier alpha value is -2.06. The lowest BCUT2D eigenvalue weighted by atomic mass is 10.2. The molecule has 0 radical (unpaired) electrons. The van der Waals surface area contributed by atoms with E-state index in [0.717, 1.165) is 0 Å².